The SMILES string of the molecule is Cc1ncsc1CCn1cc(NC(=O)CCS/C=C\c2ccccc2)cn1. The van der Waals surface area contributed by atoms with E-state index >= 15 is 0 Å². The number of rotatable bonds is 9. The van der Waals surface area contributed by atoms with E-state index in [0.29, 0.717) is 6.42 Å². The van der Waals surface area contributed by atoms with Gasteiger partial charge in [0.1, 0.15) is 0 Å². The van der Waals surface area contributed by atoms with Gasteiger partial charge in [0.05, 0.1) is 23.1 Å². The number of carbonyl (C=O) groups excluding carboxylic acids is 1. The molecule has 0 saturated carbocycles. The van der Waals surface area contributed by atoms with Gasteiger partial charge in [0.15, 0.2) is 0 Å². The number of anilines is 1. The van der Waals surface area contributed by atoms with Gasteiger partial charge in [-0.2, -0.15) is 5.10 Å². The zero-order valence-corrected chi connectivity index (χ0v) is 16.8. The molecule has 7 heteroatoms. The predicted molar refractivity (Wildman–Crippen MR) is 114 cm³/mol. The lowest BCUT2D eigenvalue weighted by atomic mass is 10.2. The van der Waals surface area contributed by atoms with Crippen molar-refractivity contribution in [3.8, 4) is 0 Å². The average molecular weight is 399 g/mol. The predicted octanol–water partition coefficient (Wildman–Crippen LogP) is 4.62. The highest BCUT2D eigenvalue weighted by Crippen LogP contribution is 2.15. The molecule has 0 bridgehead atoms. The summed E-state index contributed by atoms with van der Waals surface area (Å²) in [6.07, 6.45) is 6.99. The summed E-state index contributed by atoms with van der Waals surface area (Å²) < 4.78 is 1.85. The first-order valence-electron chi connectivity index (χ1n) is 8.75. The van der Waals surface area contributed by atoms with E-state index in [9.17, 15) is 4.79 Å². The van der Waals surface area contributed by atoms with E-state index in [1.165, 1.54) is 4.88 Å². The van der Waals surface area contributed by atoms with Gasteiger partial charge in [0, 0.05) is 36.2 Å². The summed E-state index contributed by atoms with van der Waals surface area (Å²) in [6.45, 7) is 2.80. The minimum Gasteiger partial charge on any atom is -0.323 e. The van der Waals surface area contributed by atoms with Crippen LogP contribution in [0.25, 0.3) is 6.08 Å². The number of thiazole rings is 1. The van der Waals surface area contributed by atoms with Crippen molar-refractivity contribution in [1.82, 2.24) is 14.8 Å². The normalized spacial score (nSPS) is 11.1. The molecule has 1 aromatic carbocycles. The highest BCUT2D eigenvalue weighted by molar-refractivity contribution is 8.02. The fraction of sp³-hybridized carbons (Fsp3) is 0.250. The van der Waals surface area contributed by atoms with Crippen LogP contribution in [-0.4, -0.2) is 26.4 Å². The molecule has 0 unspecified atom stereocenters. The summed E-state index contributed by atoms with van der Waals surface area (Å²) >= 11 is 3.30. The summed E-state index contributed by atoms with van der Waals surface area (Å²) in [5, 5.41) is 9.25. The summed E-state index contributed by atoms with van der Waals surface area (Å²) in [6, 6.07) is 10.1. The van der Waals surface area contributed by atoms with Gasteiger partial charge in [-0.05, 0) is 24.0 Å². The molecule has 3 aromatic rings. The van der Waals surface area contributed by atoms with E-state index in [1.807, 2.05) is 46.9 Å². The fourth-order valence-electron chi connectivity index (χ4n) is 2.47. The minimum absolute atomic E-state index is 0.00784. The van der Waals surface area contributed by atoms with E-state index in [-0.39, 0.29) is 5.91 Å². The van der Waals surface area contributed by atoms with Gasteiger partial charge >= 0.3 is 0 Å². The summed E-state index contributed by atoms with van der Waals surface area (Å²) in [7, 11) is 0. The number of aryl methyl sites for hydroxylation is 3. The van der Waals surface area contributed by atoms with Crippen molar-refractivity contribution < 1.29 is 4.79 Å². The second-order valence-electron chi connectivity index (χ2n) is 5.99. The Labute approximate surface area is 167 Å². The molecule has 140 valence electrons. The molecule has 0 saturated heterocycles. The fourth-order valence-corrected chi connectivity index (χ4v) is 3.93. The quantitative estimate of drug-likeness (QED) is 0.534. The van der Waals surface area contributed by atoms with Crippen LogP contribution in [0.5, 0.6) is 0 Å². The standard InChI is InChI=1S/C20H22N4OS2/c1-16-19(27-15-21-16)7-10-24-14-18(13-22-24)23-20(25)9-12-26-11-8-17-5-3-2-4-6-17/h2-6,8,11,13-15H,7,9-10,12H2,1H3,(H,23,25)/b11-8-. The van der Waals surface area contributed by atoms with Gasteiger partial charge in [-0.1, -0.05) is 30.3 Å². The summed E-state index contributed by atoms with van der Waals surface area (Å²) in [5.74, 6) is 0.752. The van der Waals surface area contributed by atoms with Gasteiger partial charge in [0.25, 0.3) is 0 Å². The topological polar surface area (TPSA) is 59.8 Å². The van der Waals surface area contributed by atoms with Gasteiger partial charge in [-0.15, -0.1) is 23.1 Å². The third-order valence-electron chi connectivity index (χ3n) is 3.93. The smallest absolute Gasteiger partial charge is 0.225 e. The Morgan fingerprint density at radius 1 is 1.33 bits per heavy atom. The van der Waals surface area contributed by atoms with E-state index < -0.39 is 0 Å². The van der Waals surface area contributed by atoms with Gasteiger partial charge < -0.3 is 5.32 Å². The zero-order valence-electron chi connectivity index (χ0n) is 15.2. The van der Waals surface area contributed by atoms with Crippen molar-refractivity contribution in [2.24, 2.45) is 0 Å². The van der Waals surface area contributed by atoms with Crippen LogP contribution in [0, 0.1) is 6.92 Å². The van der Waals surface area contributed by atoms with Crippen LogP contribution in [0.2, 0.25) is 0 Å². The van der Waals surface area contributed by atoms with E-state index in [0.717, 1.165) is 35.7 Å². The Kier molecular flexibility index (Phi) is 7.24. The number of benzene rings is 1. The molecule has 0 aliphatic carbocycles. The van der Waals surface area contributed by atoms with E-state index in [1.54, 1.807) is 29.3 Å². The number of hydrogen-bond donors (Lipinski definition) is 1. The Balaban J connectivity index is 1.36. The highest BCUT2D eigenvalue weighted by atomic mass is 32.2. The van der Waals surface area contributed by atoms with Crippen LogP contribution >= 0.6 is 23.1 Å². The average Bonchev–Trinajstić information content (AvgIpc) is 3.29. The van der Waals surface area contributed by atoms with Crippen molar-refractivity contribution >= 4 is 40.8 Å². The molecule has 2 aromatic heterocycles. The Bertz CT molecular complexity index is 886. The second-order valence-corrected chi connectivity index (χ2v) is 7.94. The minimum atomic E-state index is 0.00784. The molecule has 0 fully saturated rings. The van der Waals surface area contributed by atoms with Gasteiger partial charge in [-0.3, -0.25) is 9.48 Å². The molecule has 5 nitrogen and oxygen atoms in total. The molecule has 1 N–H and O–H groups in total. The van der Waals surface area contributed by atoms with E-state index in [2.05, 4.69) is 33.6 Å². The van der Waals surface area contributed by atoms with Crippen molar-refractivity contribution in [2.45, 2.75) is 26.3 Å². The van der Waals surface area contributed by atoms with Crippen LogP contribution in [0.3, 0.4) is 0 Å². The number of amides is 1. The Hall–Kier alpha value is -2.38. The molecular formula is C20H22N4OS2. The lowest BCUT2D eigenvalue weighted by Crippen LogP contribution is -2.11. The lowest BCUT2D eigenvalue weighted by molar-refractivity contribution is -0.115. The first kappa shape index (κ1) is 19.4. The van der Waals surface area contributed by atoms with Crippen LogP contribution in [-0.2, 0) is 17.8 Å². The lowest BCUT2D eigenvalue weighted by Gasteiger charge is -2.02. The molecule has 0 atom stereocenters. The maximum Gasteiger partial charge on any atom is 0.225 e. The zero-order chi connectivity index (χ0) is 18.9. The molecule has 3 rings (SSSR count). The van der Waals surface area contributed by atoms with Crippen LogP contribution in [0.4, 0.5) is 5.69 Å². The first-order valence-corrected chi connectivity index (χ1v) is 10.7. The second kappa shape index (κ2) is 10.1. The molecule has 0 aliphatic heterocycles. The van der Waals surface area contributed by atoms with Crippen molar-refractivity contribution in [3.05, 3.63) is 69.8 Å². The molecule has 1 amide bonds. The third kappa shape index (κ3) is 6.37. The van der Waals surface area contributed by atoms with Crippen LogP contribution < -0.4 is 5.32 Å². The number of hydrogen-bond acceptors (Lipinski definition) is 5. The number of nitrogens with one attached hydrogen (secondary N) is 1. The molecule has 2 heterocycles. The van der Waals surface area contributed by atoms with E-state index in [4.69, 9.17) is 0 Å². The number of thioether (sulfide) groups is 1. The Morgan fingerprint density at radius 2 is 2.19 bits per heavy atom. The summed E-state index contributed by atoms with van der Waals surface area (Å²) in [5.41, 5.74) is 4.85. The van der Waals surface area contributed by atoms with Crippen molar-refractivity contribution in [3.63, 3.8) is 0 Å². The van der Waals surface area contributed by atoms with Crippen molar-refractivity contribution in [1.29, 1.82) is 0 Å². The first-order chi connectivity index (χ1) is 13.2. The van der Waals surface area contributed by atoms with Crippen LogP contribution in [0.15, 0.2) is 53.6 Å². The molecular weight excluding hydrogens is 376 g/mol. The molecule has 0 aliphatic rings. The number of aromatic nitrogens is 3. The monoisotopic (exact) mass is 398 g/mol. The maximum absolute atomic E-state index is 12.1. The maximum atomic E-state index is 12.1. The van der Waals surface area contributed by atoms with Crippen LogP contribution in [0.1, 0.15) is 22.6 Å². The summed E-state index contributed by atoms with van der Waals surface area (Å²) in [4.78, 5) is 17.6. The van der Waals surface area contributed by atoms with Gasteiger partial charge in [-0.25, -0.2) is 4.98 Å². The highest BCUT2D eigenvalue weighted by Gasteiger charge is 2.06. The molecule has 27 heavy (non-hydrogen) atoms. The number of carbonyl (C=O) groups is 1. The number of nitrogens with zero attached hydrogens (tertiary/aromatic N) is 3. The van der Waals surface area contributed by atoms with Crippen molar-refractivity contribution in [2.75, 3.05) is 11.1 Å². The largest absolute Gasteiger partial charge is 0.323 e. The molecule has 0 spiro atoms. The molecule has 0 radical (unpaired) electrons. The third-order valence-corrected chi connectivity index (χ3v) is 5.70. The van der Waals surface area contributed by atoms with Gasteiger partial charge in [0.2, 0.25) is 5.91 Å². The Morgan fingerprint density at radius 3 is 2.96 bits per heavy atom.